The summed E-state index contributed by atoms with van der Waals surface area (Å²) in [6, 6.07) is 9.85. The van der Waals surface area contributed by atoms with Crippen LogP contribution in [-0.2, 0) is 4.79 Å². The lowest BCUT2D eigenvalue weighted by molar-refractivity contribution is -0.119. The van der Waals surface area contributed by atoms with Gasteiger partial charge in [0.1, 0.15) is 0 Å². The van der Waals surface area contributed by atoms with Gasteiger partial charge in [-0.15, -0.1) is 11.3 Å². The Morgan fingerprint density at radius 3 is 2.70 bits per heavy atom. The third-order valence-corrected chi connectivity index (χ3v) is 4.41. The van der Waals surface area contributed by atoms with Crippen molar-refractivity contribution < 1.29 is 4.79 Å². The Labute approximate surface area is 122 Å². The maximum Gasteiger partial charge on any atom is 0.233 e. The van der Waals surface area contributed by atoms with Crippen LogP contribution in [0.25, 0.3) is 0 Å². The van der Waals surface area contributed by atoms with Crippen LogP contribution in [0.5, 0.6) is 0 Å². The number of nitrogen functional groups attached to an aromatic ring is 1. The maximum atomic E-state index is 11.4. The molecular weight excluding hydrogens is 270 g/mol. The molecule has 5 heteroatoms. The first-order valence-corrected chi connectivity index (χ1v) is 7.36. The standard InChI is InChI=1S/C15H19N3OS/c1-10-6-7-20-15(10)12(9-18-14(19)8-16)11-4-2-3-5-13(11)17/h2-7,12H,8-9,16-17H2,1H3,(H,18,19). The van der Waals surface area contributed by atoms with Crippen LogP contribution in [0.4, 0.5) is 5.69 Å². The smallest absolute Gasteiger partial charge is 0.233 e. The molecule has 0 saturated heterocycles. The number of thiophene rings is 1. The lowest BCUT2D eigenvalue weighted by atomic mass is 9.94. The highest BCUT2D eigenvalue weighted by Crippen LogP contribution is 2.33. The summed E-state index contributed by atoms with van der Waals surface area (Å²) in [6.07, 6.45) is 0. The van der Waals surface area contributed by atoms with Crippen LogP contribution >= 0.6 is 11.3 Å². The lowest BCUT2D eigenvalue weighted by Crippen LogP contribution is -2.33. The molecule has 1 atom stereocenters. The van der Waals surface area contributed by atoms with E-state index in [1.54, 1.807) is 11.3 Å². The van der Waals surface area contributed by atoms with Crippen LogP contribution < -0.4 is 16.8 Å². The van der Waals surface area contributed by atoms with Gasteiger partial charge in [-0.1, -0.05) is 18.2 Å². The van der Waals surface area contributed by atoms with E-state index in [-0.39, 0.29) is 18.4 Å². The number of aryl methyl sites for hydroxylation is 1. The molecule has 20 heavy (non-hydrogen) atoms. The minimum Gasteiger partial charge on any atom is -0.398 e. The Morgan fingerprint density at radius 2 is 2.10 bits per heavy atom. The number of hydrogen-bond donors (Lipinski definition) is 3. The summed E-state index contributed by atoms with van der Waals surface area (Å²) < 4.78 is 0. The average molecular weight is 289 g/mol. The van der Waals surface area contributed by atoms with Crippen LogP contribution in [0.3, 0.4) is 0 Å². The molecule has 0 aliphatic rings. The van der Waals surface area contributed by atoms with E-state index in [4.69, 9.17) is 11.5 Å². The third kappa shape index (κ3) is 3.18. The first-order chi connectivity index (χ1) is 9.63. The van der Waals surface area contributed by atoms with Gasteiger partial charge in [-0.05, 0) is 35.6 Å². The van der Waals surface area contributed by atoms with Gasteiger partial charge in [0.2, 0.25) is 5.91 Å². The fourth-order valence-electron chi connectivity index (χ4n) is 2.20. The number of hydrogen-bond acceptors (Lipinski definition) is 4. The summed E-state index contributed by atoms with van der Waals surface area (Å²) in [6.45, 7) is 2.58. The van der Waals surface area contributed by atoms with Crippen molar-refractivity contribution in [3.05, 3.63) is 51.7 Å². The molecule has 1 aromatic heterocycles. The van der Waals surface area contributed by atoms with Crippen LogP contribution in [0.1, 0.15) is 21.9 Å². The number of amides is 1. The first kappa shape index (κ1) is 14.6. The van der Waals surface area contributed by atoms with E-state index in [0.29, 0.717) is 6.54 Å². The molecule has 0 fully saturated rings. The highest BCUT2D eigenvalue weighted by molar-refractivity contribution is 7.10. The fraction of sp³-hybridized carbons (Fsp3) is 0.267. The Bertz CT molecular complexity index is 594. The zero-order chi connectivity index (χ0) is 14.5. The molecule has 2 rings (SSSR count). The maximum absolute atomic E-state index is 11.4. The quantitative estimate of drug-likeness (QED) is 0.735. The molecule has 2 aromatic rings. The predicted octanol–water partition coefficient (Wildman–Crippen LogP) is 1.85. The SMILES string of the molecule is Cc1ccsc1C(CNC(=O)CN)c1ccccc1N. The Balaban J connectivity index is 2.32. The van der Waals surface area contributed by atoms with Gasteiger partial charge in [0, 0.05) is 23.0 Å². The van der Waals surface area contributed by atoms with Crippen LogP contribution in [0.15, 0.2) is 35.7 Å². The molecule has 5 N–H and O–H groups in total. The lowest BCUT2D eigenvalue weighted by Gasteiger charge is -2.19. The van der Waals surface area contributed by atoms with Crippen LogP contribution in [0, 0.1) is 6.92 Å². The van der Waals surface area contributed by atoms with E-state index in [1.807, 2.05) is 24.3 Å². The molecule has 1 unspecified atom stereocenters. The summed E-state index contributed by atoms with van der Waals surface area (Å²) in [7, 11) is 0. The largest absolute Gasteiger partial charge is 0.398 e. The van der Waals surface area contributed by atoms with Gasteiger partial charge in [-0.2, -0.15) is 0 Å². The minimum absolute atomic E-state index is 0.000411. The van der Waals surface area contributed by atoms with Gasteiger partial charge in [-0.3, -0.25) is 4.79 Å². The van der Waals surface area contributed by atoms with Crippen molar-refractivity contribution in [2.75, 3.05) is 18.8 Å². The van der Waals surface area contributed by atoms with Gasteiger partial charge in [0.15, 0.2) is 0 Å². The second kappa shape index (κ2) is 6.54. The number of carbonyl (C=O) groups excluding carboxylic acids is 1. The highest BCUT2D eigenvalue weighted by atomic mass is 32.1. The van der Waals surface area contributed by atoms with Crippen molar-refractivity contribution in [2.24, 2.45) is 5.73 Å². The van der Waals surface area contributed by atoms with Gasteiger partial charge in [-0.25, -0.2) is 0 Å². The van der Waals surface area contributed by atoms with E-state index in [2.05, 4.69) is 23.7 Å². The molecule has 1 amide bonds. The van der Waals surface area contributed by atoms with Crippen molar-refractivity contribution in [1.82, 2.24) is 5.32 Å². The summed E-state index contributed by atoms with van der Waals surface area (Å²) >= 11 is 1.68. The average Bonchev–Trinajstić information content (AvgIpc) is 2.87. The second-order valence-corrected chi connectivity index (χ2v) is 5.61. The van der Waals surface area contributed by atoms with E-state index >= 15 is 0 Å². The summed E-state index contributed by atoms with van der Waals surface area (Å²) in [5.41, 5.74) is 14.4. The number of nitrogens with two attached hydrogens (primary N) is 2. The van der Waals surface area contributed by atoms with Crippen molar-refractivity contribution in [3.8, 4) is 0 Å². The van der Waals surface area contributed by atoms with Crippen LogP contribution in [-0.4, -0.2) is 19.0 Å². The summed E-state index contributed by atoms with van der Waals surface area (Å²) in [4.78, 5) is 12.6. The molecule has 4 nitrogen and oxygen atoms in total. The number of para-hydroxylation sites is 1. The van der Waals surface area contributed by atoms with Gasteiger partial charge in [0.05, 0.1) is 6.54 Å². The van der Waals surface area contributed by atoms with E-state index in [1.165, 1.54) is 10.4 Å². The predicted molar refractivity (Wildman–Crippen MR) is 83.8 cm³/mol. The molecule has 106 valence electrons. The zero-order valence-electron chi connectivity index (χ0n) is 11.4. The highest BCUT2D eigenvalue weighted by Gasteiger charge is 2.20. The molecule has 0 radical (unpaired) electrons. The summed E-state index contributed by atoms with van der Waals surface area (Å²) in [5.74, 6) is -0.0922. The molecular formula is C15H19N3OS. The van der Waals surface area contributed by atoms with Gasteiger partial charge in [0.25, 0.3) is 0 Å². The van der Waals surface area contributed by atoms with Crippen molar-refractivity contribution in [2.45, 2.75) is 12.8 Å². The fourth-order valence-corrected chi connectivity index (χ4v) is 3.25. The van der Waals surface area contributed by atoms with Crippen molar-refractivity contribution >= 4 is 22.9 Å². The monoisotopic (exact) mass is 289 g/mol. The van der Waals surface area contributed by atoms with Crippen molar-refractivity contribution in [3.63, 3.8) is 0 Å². The number of rotatable bonds is 5. The normalized spacial score (nSPS) is 12.1. The number of nitrogens with one attached hydrogen (secondary N) is 1. The van der Waals surface area contributed by atoms with E-state index in [9.17, 15) is 4.79 Å². The molecule has 0 spiro atoms. The molecule has 0 aliphatic carbocycles. The van der Waals surface area contributed by atoms with Gasteiger partial charge < -0.3 is 16.8 Å². The number of benzene rings is 1. The van der Waals surface area contributed by atoms with Gasteiger partial charge >= 0.3 is 0 Å². The zero-order valence-corrected chi connectivity index (χ0v) is 12.2. The second-order valence-electron chi connectivity index (χ2n) is 4.66. The number of carbonyl (C=O) groups is 1. The minimum atomic E-state index is -0.154. The first-order valence-electron chi connectivity index (χ1n) is 6.48. The third-order valence-electron chi connectivity index (χ3n) is 3.28. The summed E-state index contributed by atoms with van der Waals surface area (Å²) in [5, 5.41) is 4.92. The number of anilines is 1. The topological polar surface area (TPSA) is 81.1 Å². The Hall–Kier alpha value is -1.85. The van der Waals surface area contributed by atoms with Crippen molar-refractivity contribution in [1.29, 1.82) is 0 Å². The van der Waals surface area contributed by atoms with E-state index < -0.39 is 0 Å². The van der Waals surface area contributed by atoms with Crippen LogP contribution in [0.2, 0.25) is 0 Å². The Kier molecular flexibility index (Phi) is 4.76. The molecule has 0 bridgehead atoms. The molecule has 0 aliphatic heterocycles. The molecule has 1 aromatic carbocycles. The Morgan fingerprint density at radius 1 is 1.35 bits per heavy atom. The molecule has 1 heterocycles. The van der Waals surface area contributed by atoms with E-state index in [0.717, 1.165) is 11.3 Å². The molecule has 0 saturated carbocycles.